The van der Waals surface area contributed by atoms with E-state index in [0.717, 1.165) is 57.8 Å². The zero-order valence-electron chi connectivity index (χ0n) is 14.8. The average molecular weight is 425 g/mol. The molecular formula is C17H23ClF2N2O4S. The number of piperidine rings is 1. The van der Waals surface area contributed by atoms with Crippen LogP contribution >= 0.6 is 11.6 Å². The van der Waals surface area contributed by atoms with Crippen LogP contribution in [0.1, 0.15) is 12.8 Å². The summed E-state index contributed by atoms with van der Waals surface area (Å²) in [5.74, 6) is 0.217. The smallest absolute Gasteiger partial charge is 0.387 e. The second-order valence-corrected chi connectivity index (χ2v) is 9.08. The predicted octanol–water partition coefficient (Wildman–Crippen LogP) is 2.67. The summed E-state index contributed by atoms with van der Waals surface area (Å²) in [6.07, 6.45) is 1.58. The minimum atomic E-state index is -3.71. The van der Waals surface area contributed by atoms with E-state index < -0.39 is 16.6 Å². The van der Waals surface area contributed by atoms with E-state index in [1.54, 1.807) is 0 Å². The number of alkyl halides is 2. The summed E-state index contributed by atoms with van der Waals surface area (Å²) in [5, 5.41) is -0.154. The van der Waals surface area contributed by atoms with Crippen molar-refractivity contribution in [2.24, 2.45) is 5.92 Å². The minimum absolute atomic E-state index is 0.0132. The van der Waals surface area contributed by atoms with Crippen LogP contribution < -0.4 is 4.74 Å². The lowest BCUT2D eigenvalue weighted by Crippen LogP contribution is -2.44. The molecule has 0 radical (unpaired) electrons. The van der Waals surface area contributed by atoms with Gasteiger partial charge in [-0.15, -0.1) is 0 Å². The van der Waals surface area contributed by atoms with Crippen LogP contribution in [0.25, 0.3) is 0 Å². The Bertz CT molecular complexity index is 736. The van der Waals surface area contributed by atoms with Crippen molar-refractivity contribution in [3.8, 4) is 5.75 Å². The average Bonchev–Trinajstić information content (AvgIpc) is 2.64. The highest BCUT2D eigenvalue weighted by Gasteiger charge is 2.31. The Labute approximate surface area is 163 Å². The number of nitrogens with zero attached hydrogens (tertiary/aromatic N) is 2. The minimum Gasteiger partial charge on any atom is -0.433 e. The lowest BCUT2D eigenvalue weighted by molar-refractivity contribution is -0.0498. The van der Waals surface area contributed by atoms with E-state index in [1.807, 2.05) is 0 Å². The normalized spacial score (nSPS) is 20.9. The largest absolute Gasteiger partial charge is 0.433 e. The van der Waals surface area contributed by atoms with E-state index >= 15 is 0 Å². The van der Waals surface area contributed by atoms with Crippen LogP contribution in [0.3, 0.4) is 0 Å². The van der Waals surface area contributed by atoms with Crippen molar-refractivity contribution in [2.45, 2.75) is 24.3 Å². The SMILES string of the molecule is O=S(=O)(c1ccc(OC(F)F)c(Cl)c1)N1CCC(CN2CCOCC2)CC1. The number of benzene rings is 1. The van der Waals surface area contributed by atoms with E-state index in [-0.39, 0.29) is 15.7 Å². The number of morpholine rings is 1. The van der Waals surface area contributed by atoms with Crippen LogP contribution in [-0.2, 0) is 14.8 Å². The summed E-state index contributed by atoms with van der Waals surface area (Å²) in [6, 6.07) is 3.57. The molecule has 0 spiro atoms. The number of hydrogen-bond donors (Lipinski definition) is 0. The van der Waals surface area contributed by atoms with Crippen molar-refractivity contribution in [3.05, 3.63) is 23.2 Å². The number of rotatable bonds is 6. The number of hydrogen-bond acceptors (Lipinski definition) is 5. The van der Waals surface area contributed by atoms with Gasteiger partial charge in [0.05, 0.1) is 23.1 Å². The van der Waals surface area contributed by atoms with E-state index in [1.165, 1.54) is 10.4 Å². The van der Waals surface area contributed by atoms with Crippen LogP contribution in [0.15, 0.2) is 23.1 Å². The van der Waals surface area contributed by atoms with E-state index in [9.17, 15) is 17.2 Å². The first-order valence-corrected chi connectivity index (χ1v) is 10.7. The van der Waals surface area contributed by atoms with Crippen LogP contribution in [-0.4, -0.2) is 70.2 Å². The summed E-state index contributed by atoms with van der Waals surface area (Å²) in [4.78, 5) is 2.35. The standard InChI is InChI=1S/C17H23ClF2N2O4S/c18-15-11-14(1-2-16(15)26-17(19)20)27(23,24)22-5-3-13(4-6-22)12-21-7-9-25-10-8-21/h1-2,11,13,17H,3-10,12H2. The van der Waals surface area contributed by atoms with Crippen molar-refractivity contribution in [3.63, 3.8) is 0 Å². The third kappa shape index (κ3) is 5.29. The maximum atomic E-state index is 12.8. The van der Waals surface area contributed by atoms with Gasteiger partial charge in [-0.3, -0.25) is 4.90 Å². The zero-order valence-corrected chi connectivity index (χ0v) is 16.4. The van der Waals surface area contributed by atoms with Gasteiger partial charge >= 0.3 is 6.61 Å². The van der Waals surface area contributed by atoms with Crippen molar-refractivity contribution in [1.82, 2.24) is 9.21 Å². The second-order valence-electron chi connectivity index (χ2n) is 6.73. The van der Waals surface area contributed by atoms with Gasteiger partial charge in [0, 0.05) is 32.7 Å². The summed E-state index contributed by atoms with van der Waals surface area (Å²) < 4.78 is 61.3. The molecule has 0 atom stereocenters. The molecule has 6 nitrogen and oxygen atoms in total. The van der Waals surface area contributed by atoms with Crippen LogP contribution in [0.2, 0.25) is 5.02 Å². The fourth-order valence-corrected chi connectivity index (χ4v) is 5.25. The Balaban J connectivity index is 1.60. The number of halogens is 3. The molecule has 152 valence electrons. The van der Waals surface area contributed by atoms with Gasteiger partial charge in [0.15, 0.2) is 0 Å². The molecular weight excluding hydrogens is 402 g/mol. The highest BCUT2D eigenvalue weighted by atomic mass is 35.5. The molecule has 2 fully saturated rings. The van der Waals surface area contributed by atoms with Gasteiger partial charge < -0.3 is 9.47 Å². The molecule has 3 rings (SSSR count). The maximum absolute atomic E-state index is 12.8. The molecule has 2 heterocycles. The van der Waals surface area contributed by atoms with Crippen molar-refractivity contribution in [1.29, 1.82) is 0 Å². The molecule has 0 unspecified atom stereocenters. The highest BCUT2D eigenvalue weighted by Crippen LogP contribution is 2.31. The molecule has 0 N–H and O–H groups in total. The maximum Gasteiger partial charge on any atom is 0.387 e. The molecule has 0 saturated carbocycles. The molecule has 1 aromatic carbocycles. The molecule has 1 aromatic rings. The van der Waals surface area contributed by atoms with Gasteiger partial charge in [-0.05, 0) is 37.0 Å². The lowest BCUT2D eigenvalue weighted by atomic mass is 9.97. The van der Waals surface area contributed by atoms with Crippen LogP contribution in [0, 0.1) is 5.92 Å². The molecule has 27 heavy (non-hydrogen) atoms. The van der Waals surface area contributed by atoms with Gasteiger partial charge in [-0.1, -0.05) is 11.6 Å². The zero-order chi connectivity index (χ0) is 19.4. The summed E-state index contributed by atoms with van der Waals surface area (Å²) in [5.41, 5.74) is 0. The quantitative estimate of drug-likeness (QED) is 0.702. The van der Waals surface area contributed by atoms with Gasteiger partial charge in [0.2, 0.25) is 10.0 Å². The Morgan fingerprint density at radius 1 is 1.19 bits per heavy atom. The van der Waals surface area contributed by atoms with Crippen molar-refractivity contribution < 1.29 is 26.7 Å². The third-order valence-corrected chi connectivity index (χ3v) is 7.14. The predicted molar refractivity (Wildman–Crippen MR) is 96.8 cm³/mol. The lowest BCUT2D eigenvalue weighted by Gasteiger charge is -2.35. The van der Waals surface area contributed by atoms with Crippen LogP contribution in [0.5, 0.6) is 5.75 Å². The van der Waals surface area contributed by atoms with Gasteiger partial charge in [0.25, 0.3) is 0 Å². The summed E-state index contributed by atoms with van der Waals surface area (Å²) >= 11 is 5.89. The van der Waals surface area contributed by atoms with Crippen LogP contribution in [0.4, 0.5) is 8.78 Å². The third-order valence-electron chi connectivity index (χ3n) is 4.95. The Kier molecular flexibility index (Phi) is 6.91. The highest BCUT2D eigenvalue weighted by molar-refractivity contribution is 7.89. The Hall–Kier alpha value is -1.00. The second kappa shape index (κ2) is 9.00. The van der Waals surface area contributed by atoms with E-state index in [0.29, 0.717) is 19.0 Å². The van der Waals surface area contributed by atoms with Crippen molar-refractivity contribution in [2.75, 3.05) is 45.9 Å². The Morgan fingerprint density at radius 2 is 1.85 bits per heavy atom. The van der Waals surface area contributed by atoms with Gasteiger partial charge in [-0.2, -0.15) is 13.1 Å². The molecule has 0 bridgehead atoms. The van der Waals surface area contributed by atoms with E-state index in [2.05, 4.69) is 9.64 Å². The number of sulfonamides is 1. The molecule has 2 aliphatic rings. The first kappa shape index (κ1) is 20.7. The first-order chi connectivity index (χ1) is 12.9. The number of ether oxygens (including phenoxy) is 2. The molecule has 0 amide bonds. The molecule has 10 heteroatoms. The topological polar surface area (TPSA) is 59.1 Å². The fraction of sp³-hybridized carbons (Fsp3) is 0.647. The van der Waals surface area contributed by atoms with Crippen molar-refractivity contribution >= 4 is 21.6 Å². The fourth-order valence-electron chi connectivity index (χ4n) is 3.46. The van der Waals surface area contributed by atoms with Gasteiger partial charge in [-0.25, -0.2) is 8.42 Å². The molecule has 0 aromatic heterocycles. The molecule has 2 saturated heterocycles. The van der Waals surface area contributed by atoms with E-state index in [4.69, 9.17) is 16.3 Å². The van der Waals surface area contributed by atoms with Gasteiger partial charge in [0.1, 0.15) is 5.75 Å². The molecule has 2 aliphatic heterocycles. The first-order valence-electron chi connectivity index (χ1n) is 8.91. The molecule has 0 aliphatic carbocycles. The monoisotopic (exact) mass is 424 g/mol. The summed E-state index contributed by atoms with van der Waals surface area (Å²) in [7, 11) is -3.71. The Morgan fingerprint density at radius 3 is 2.44 bits per heavy atom. The summed E-state index contributed by atoms with van der Waals surface area (Å²) in [6.45, 7) is 2.15.